The number of nitriles is 1. The van der Waals surface area contributed by atoms with Crippen LogP contribution in [0.1, 0.15) is 29.8 Å². The molecule has 188 valence electrons. The fourth-order valence-electron chi connectivity index (χ4n) is 4.49. The molecule has 2 heterocycles. The molecule has 9 nitrogen and oxygen atoms in total. The number of nitrogens with zero attached hydrogens (tertiary/aromatic N) is 2. The van der Waals surface area contributed by atoms with E-state index in [0.29, 0.717) is 30.5 Å². The molecular weight excluding hydrogens is 462 g/mol. The highest BCUT2D eigenvalue weighted by Gasteiger charge is 2.35. The van der Waals surface area contributed by atoms with Crippen LogP contribution in [-0.4, -0.2) is 68.5 Å². The molecule has 0 aliphatic carbocycles. The molecule has 0 saturated carbocycles. The molecule has 0 unspecified atom stereocenters. The van der Waals surface area contributed by atoms with Gasteiger partial charge in [0.2, 0.25) is 11.8 Å². The number of piperidine rings is 1. The first-order chi connectivity index (χ1) is 16.5. The molecule has 3 rings (SSSR count). The van der Waals surface area contributed by atoms with Crippen molar-refractivity contribution in [2.75, 3.05) is 20.7 Å². The molecule has 3 amide bonds. The summed E-state index contributed by atoms with van der Waals surface area (Å²) in [5.41, 5.74) is 1.12. The first kappa shape index (κ1) is 26.3. The van der Waals surface area contributed by atoms with Gasteiger partial charge in [-0.1, -0.05) is 25.7 Å². The summed E-state index contributed by atoms with van der Waals surface area (Å²) in [6.45, 7) is 7.04. The maximum atomic E-state index is 13.4. The topological polar surface area (TPSA) is 127 Å². The summed E-state index contributed by atoms with van der Waals surface area (Å²) in [5.74, 6) is -0.419. The Morgan fingerprint density at radius 3 is 2.71 bits per heavy atom. The molecule has 2 aromatic rings. The molecule has 0 spiro atoms. The average Bonchev–Trinajstić information content (AvgIpc) is 3.26. The van der Waals surface area contributed by atoms with Crippen LogP contribution in [0.25, 0.3) is 10.9 Å². The number of amides is 3. The van der Waals surface area contributed by atoms with Crippen LogP contribution in [0, 0.1) is 17.2 Å². The lowest BCUT2D eigenvalue weighted by Gasteiger charge is -2.32. The predicted molar refractivity (Wildman–Crippen MR) is 137 cm³/mol. The van der Waals surface area contributed by atoms with E-state index in [2.05, 4.69) is 41.3 Å². The van der Waals surface area contributed by atoms with E-state index in [1.54, 1.807) is 20.2 Å². The van der Waals surface area contributed by atoms with Gasteiger partial charge in [-0.15, -0.1) is 0 Å². The molecule has 1 aromatic carbocycles. The second-order valence-electron chi connectivity index (χ2n) is 10.4. The van der Waals surface area contributed by atoms with E-state index in [1.165, 1.54) is 4.90 Å². The quantitative estimate of drug-likeness (QED) is 0.459. The Bertz CT molecular complexity index is 1130. The van der Waals surface area contributed by atoms with Crippen LogP contribution in [0.4, 0.5) is 0 Å². The van der Waals surface area contributed by atoms with Gasteiger partial charge in [-0.3, -0.25) is 14.4 Å². The first-order valence-electron chi connectivity index (χ1n) is 11.9. The summed E-state index contributed by atoms with van der Waals surface area (Å²) in [5, 5.41) is 16.1. The summed E-state index contributed by atoms with van der Waals surface area (Å²) in [6, 6.07) is 8.37. The van der Waals surface area contributed by atoms with Crippen LogP contribution in [0.15, 0.2) is 24.3 Å². The number of fused-ring (bicyclic) bond motifs is 1. The van der Waals surface area contributed by atoms with E-state index in [9.17, 15) is 19.6 Å². The Hall–Kier alpha value is -3.32. The highest BCUT2D eigenvalue weighted by Crippen LogP contribution is 2.27. The largest absolute Gasteiger partial charge is 0.496 e. The zero-order valence-electron chi connectivity index (χ0n) is 21.1. The summed E-state index contributed by atoms with van der Waals surface area (Å²) < 4.78 is 5.40. The fourth-order valence-corrected chi connectivity index (χ4v) is 6.11. The minimum Gasteiger partial charge on any atom is -0.496 e. The van der Waals surface area contributed by atoms with E-state index in [0.717, 1.165) is 17.3 Å². The maximum absolute atomic E-state index is 13.4. The van der Waals surface area contributed by atoms with E-state index >= 15 is 0 Å². The smallest absolute Gasteiger partial charge is 0.270 e. The molecule has 0 radical (unpaired) electrons. The van der Waals surface area contributed by atoms with Gasteiger partial charge >= 0.3 is 0 Å². The van der Waals surface area contributed by atoms with Crippen molar-refractivity contribution in [1.29, 1.82) is 5.26 Å². The normalized spacial score (nSPS) is 17.7. The van der Waals surface area contributed by atoms with Crippen molar-refractivity contribution >= 4 is 36.7 Å². The Morgan fingerprint density at radius 1 is 1.34 bits per heavy atom. The van der Waals surface area contributed by atoms with Gasteiger partial charge < -0.3 is 25.3 Å². The number of methoxy groups -OCH3 is 1. The lowest BCUT2D eigenvalue weighted by atomic mass is 9.92. The van der Waals surface area contributed by atoms with Crippen molar-refractivity contribution in [2.45, 2.75) is 57.0 Å². The summed E-state index contributed by atoms with van der Waals surface area (Å²) in [7, 11) is 1.41. The molecule has 3 atom stereocenters. The lowest BCUT2D eigenvalue weighted by molar-refractivity contribution is -0.128. The third-order valence-corrected chi connectivity index (χ3v) is 7.97. The molecule has 1 aliphatic rings. The van der Waals surface area contributed by atoms with Gasteiger partial charge in [0, 0.05) is 38.5 Å². The van der Waals surface area contributed by atoms with Gasteiger partial charge in [-0.25, -0.2) is 0 Å². The second kappa shape index (κ2) is 10.9. The zero-order chi connectivity index (χ0) is 25.8. The predicted octanol–water partition coefficient (Wildman–Crippen LogP) is 2.88. The Balaban J connectivity index is 1.80. The fraction of sp³-hybridized carbons (Fsp3) is 0.520. The van der Waals surface area contributed by atoms with Crippen molar-refractivity contribution in [3.05, 3.63) is 30.0 Å². The molecule has 3 N–H and O–H groups in total. The first-order valence-corrected chi connectivity index (χ1v) is 15.7. The number of hydrogen-bond donors (Lipinski definition) is 3. The van der Waals surface area contributed by atoms with Crippen LogP contribution >= 0.6 is 0 Å². The number of likely N-dealkylation sites (N-methyl/N-ethyl adjacent to an activating group) is 1. The van der Waals surface area contributed by atoms with Crippen LogP contribution in [0.5, 0.6) is 5.75 Å². The number of hydrogen-bond acceptors (Lipinski definition) is 5. The lowest BCUT2D eigenvalue weighted by Crippen LogP contribution is -2.53. The summed E-state index contributed by atoms with van der Waals surface area (Å²) >= 11 is 0. The average molecular weight is 498 g/mol. The zero-order valence-corrected chi connectivity index (χ0v) is 22.1. The van der Waals surface area contributed by atoms with Crippen molar-refractivity contribution in [1.82, 2.24) is 20.5 Å². The minimum absolute atomic E-state index is 0.0778. The summed E-state index contributed by atoms with van der Waals surface area (Å²) in [4.78, 5) is 43.5. The SMILES string of the molecule is COc1cccc2[nH]c(C(=O)N(C)[C@@H](C[Si](C)(C)C)C(=O)N[C@H](C#N)C[C@@H]3CCCNC3=O)cc12. The number of aromatic nitrogens is 1. The van der Waals surface area contributed by atoms with Crippen molar-refractivity contribution in [3.8, 4) is 11.8 Å². The molecule has 1 aromatic heterocycles. The van der Waals surface area contributed by atoms with Gasteiger partial charge in [0.25, 0.3) is 5.91 Å². The number of aromatic amines is 1. The molecule has 10 heteroatoms. The molecule has 1 saturated heterocycles. The van der Waals surface area contributed by atoms with E-state index in [1.807, 2.05) is 18.2 Å². The third kappa shape index (κ3) is 6.42. The van der Waals surface area contributed by atoms with Gasteiger partial charge in [0.15, 0.2) is 0 Å². The maximum Gasteiger partial charge on any atom is 0.270 e. The van der Waals surface area contributed by atoms with E-state index in [4.69, 9.17) is 4.74 Å². The van der Waals surface area contributed by atoms with Gasteiger partial charge in [-0.05, 0) is 43.5 Å². The van der Waals surface area contributed by atoms with Crippen molar-refractivity contribution in [3.63, 3.8) is 0 Å². The highest BCUT2D eigenvalue weighted by molar-refractivity contribution is 6.76. The number of benzene rings is 1. The Morgan fingerprint density at radius 2 is 2.09 bits per heavy atom. The van der Waals surface area contributed by atoms with Crippen molar-refractivity contribution < 1.29 is 19.1 Å². The highest BCUT2D eigenvalue weighted by atomic mass is 28.3. The van der Waals surface area contributed by atoms with Crippen LogP contribution in [0.3, 0.4) is 0 Å². The molecular formula is C25H35N5O4Si. The number of nitrogens with one attached hydrogen (secondary N) is 3. The number of ether oxygens (including phenoxy) is 1. The van der Waals surface area contributed by atoms with Gasteiger partial charge in [0.1, 0.15) is 23.5 Å². The standard InChI is InChI=1S/C25H35N5O4Si/c1-30(25(33)20-13-18-19(29-20)9-6-10-22(18)34-2)21(15-35(3,4)5)24(32)28-17(14-26)12-16-8-7-11-27-23(16)31/h6,9-10,13,16-17,21,29H,7-8,11-12,15H2,1-5H3,(H,27,31)(H,28,32)/t16-,17-,21-/m0/s1. The number of H-pyrrole nitrogens is 1. The van der Waals surface area contributed by atoms with Gasteiger partial charge in [-0.2, -0.15) is 5.26 Å². The van der Waals surface area contributed by atoms with E-state index < -0.39 is 20.2 Å². The monoisotopic (exact) mass is 497 g/mol. The van der Waals surface area contributed by atoms with Crippen molar-refractivity contribution in [2.24, 2.45) is 5.92 Å². The van der Waals surface area contributed by atoms with Gasteiger partial charge in [0.05, 0.1) is 13.2 Å². The van der Waals surface area contributed by atoms with Crippen LogP contribution in [-0.2, 0) is 9.59 Å². The third-order valence-electron chi connectivity index (χ3n) is 6.36. The summed E-state index contributed by atoms with van der Waals surface area (Å²) in [6.07, 6.45) is 1.81. The van der Waals surface area contributed by atoms with E-state index in [-0.39, 0.29) is 30.1 Å². The molecule has 1 aliphatic heterocycles. The number of carbonyl (C=O) groups is 3. The molecule has 35 heavy (non-hydrogen) atoms. The molecule has 1 fully saturated rings. The second-order valence-corrected chi connectivity index (χ2v) is 15.9. The Labute approximate surface area is 207 Å². The molecule has 0 bridgehead atoms. The Kier molecular flexibility index (Phi) is 8.22. The minimum atomic E-state index is -1.79. The van der Waals surface area contributed by atoms with Crippen LogP contribution < -0.4 is 15.4 Å². The van der Waals surface area contributed by atoms with Crippen LogP contribution in [0.2, 0.25) is 25.7 Å². The number of rotatable bonds is 9. The number of carbonyl (C=O) groups excluding carboxylic acids is 3.